The molecule has 1 atom stereocenters. The topological polar surface area (TPSA) is 40.5 Å². The number of nitrogens with zero attached hydrogens (tertiary/aromatic N) is 1. The molecule has 0 fully saturated rings. The van der Waals surface area contributed by atoms with E-state index in [1.807, 2.05) is 56.3 Å². The quantitative estimate of drug-likeness (QED) is 0.907. The third kappa shape index (κ3) is 1.67. The third-order valence-corrected chi connectivity index (χ3v) is 3.91. The molecule has 2 aromatic rings. The molecular weight excluding hydrogens is 250 g/mol. The number of aliphatic hydroxyl groups is 1. The summed E-state index contributed by atoms with van der Waals surface area (Å²) in [4.78, 5) is 14.2. The van der Waals surface area contributed by atoms with Gasteiger partial charge < -0.3 is 5.11 Å². The smallest absolute Gasteiger partial charge is 0.261 e. The van der Waals surface area contributed by atoms with E-state index in [1.54, 1.807) is 6.07 Å². The van der Waals surface area contributed by atoms with Crippen molar-refractivity contribution in [2.24, 2.45) is 0 Å². The Hall–Kier alpha value is -2.13. The molecule has 3 heteroatoms. The standard InChI is InChI=1S/C17H17NO2/c1-3-17(20)15-10-5-4-9-14(15)16(19)18(17)13-8-6-7-12(2)11-13/h4-11,20H,3H2,1-2H3. The predicted molar refractivity (Wildman–Crippen MR) is 78.6 cm³/mol. The van der Waals surface area contributed by atoms with Crippen LogP contribution in [0.3, 0.4) is 0 Å². The van der Waals surface area contributed by atoms with Crippen molar-refractivity contribution in [3.63, 3.8) is 0 Å². The van der Waals surface area contributed by atoms with Gasteiger partial charge in [0, 0.05) is 16.8 Å². The molecule has 102 valence electrons. The van der Waals surface area contributed by atoms with E-state index in [0.29, 0.717) is 17.5 Å². The number of fused-ring (bicyclic) bond motifs is 1. The maximum absolute atomic E-state index is 12.6. The van der Waals surface area contributed by atoms with E-state index < -0.39 is 5.72 Å². The van der Waals surface area contributed by atoms with Crippen LogP contribution in [0.5, 0.6) is 0 Å². The second kappa shape index (κ2) is 4.46. The Bertz CT molecular complexity index is 680. The molecule has 1 heterocycles. The number of hydrogen-bond acceptors (Lipinski definition) is 2. The fraction of sp³-hybridized carbons (Fsp3) is 0.235. The van der Waals surface area contributed by atoms with Crippen LogP contribution < -0.4 is 4.90 Å². The average Bonchev–Trinajstić information content (AvgIpc) is 2.69. The van der Waals surface area contributed by atoms with Gasteiger partial charge in [-0.1, -0.05) is 37.3 Å². The van der Waals surface area contributed by atoms with E-state index in [4.69, 9.17) is 0 Å². The molecule has 0 aromatic heterocycles. The molecule has 0 aliphatic carbocycles. The summed E-state index contributed by atoms with van der Waals surface area (Å²) >= 11 is 0. The maximum Gasteiger partial charge on any atom is 0.261 e. The Balaban J connectivity index is 2.20. The largest absolute Gasteiger partial charge is 0.366 e. The number of hydrogen-bond donors (Lipinski definition) is 1. The fourth-order valence-electron chi connectivity index (χ4n) is 2.87. The molecule has 1 aliphatic heterocycles. The van der Waals surface area contributed by atoms with E-state index >= 15 is 0 Å². The monoisotopic (exact) mass is 267 g/mol. The summed E-state index contributed by atoms with van der Waals surface area (Å²) in [6.45, 7) is 3.86. The van der Waals surface area contributed by atoms with E-state index in [9.17, 15) is 9.90 Å². The molecule has 1 unspecified atom stereocenters. The Kier molecular flexibility index (Phi) is 2.87. The molecule has 20 heavy (non-hydrogen) atoms. The summed E-state index contributed by atoms with van der Waals surface area (Å²) in [5, 5.41) is 11.0. The Morgan fingerprint density at radius 2 is 1.90 bits per heavy atom. The van der Waals surface area contributed by atoms with Crippen molar-refractivity contribution < 1.29 is 9.90 Å². The van der Waals surface area contributed by atoms with Crippen molar-refractivity contribution >= 4 is 11.6 Å². The summed E-state index contributed by atoms with van der Waals surface area (Å²) in [5.41, 5.74) is 1.80. The van der Waals surface area contributed by atoms with E-state index in [1.165, 1.54) is 4.90 Å². The third-order valence-electron chi connectivity index (χ3n) is 3.91. The molecule has 0 spiro atoms. The average molecular weight is 267 g/mol. The minimum absolute atomic E-state index is 0.143. The molecule has 0 saturated heterocycles. The van der Waals surface area contributed by atoms with Gasteiger partial charge in [-0.05, 0) is 37.1 Å². The Labute approximate surface area is 118 Å². The normalized spacial score (nSPS) is 21.1. The number of amides is 1. The molecule has 1 amide bonds. The zero-order chi connectivity index (χ0) is 14.3. The van der Waals surface area contributed by atoms with E-state index in [2.05, 4.69) is 0 Å². The van der Waals surface area contributed by atoms with Crippen molar-refractivity contribution in [1.29, 1.82) is 0 Å². The summed E-state index contributed by atoms with van der Waals surface area (Å²) in [5.74, 6) is -0.143. The zero-order valence-corrected chi connectivity index (χ0v) is 11.6. The van der Waals surface area contributed by atoms with Crippen molar-refractivity contribution in [1.82, 2.24) is 0 Å². The molecule has 0 bridgehead atoms. The number of aryl methyl sites for hydroxylation is 1. The van der Waals surface area contributed by atoms with Gasteiger partial charge in [-0.15, -0.1) is 0 Å². The molecule has 2 aromatic carbocycles. The second-order valence-corrected chi connectivity index (χ2v) is 5.20. The summed E-state index contributed by atoms with van der Waals surface area (Å²) in [7, 11) is 0. The van der Waals surface area contributed by atoms with Gasteiger partial charge in [-0.25, -0.2) is 0 Å². The fourth-order valence-corrected chi connectivity index (χ4v) is 2.87. The lowest BCUT2D eigenvalue weighted by atomic mass is 9.99. The lowest BCUT2D eigenvalue weighted by Crippen LogP contribution is -2.43. The van der Waals surface area contributed by atoms with Gasteiger partial charge in [0.25, 0.3) is 5.91 Å². The molecule has 0 saturated carbocycles. The van der Waals surface area contributed by atoms with Crippen LogP contribution in [-0.4, -0.2) is 11.0 Å². The van der Waals surface area contributed by atoms with Crippen molar-refractivity contribution in [2.45, 2.75) is 26.0 Å². The highest BCUT2D eigenvalue weighted by atomic mass is 16.3. The lowest BCUT2D eigenvalue weighted by molar-refractivity contribution is 0.0358. The van der Waals surface area contributed by atoms with Crippen LogP contribution in [0, 0.1) is 6.92 Å². The van der Waals surface area contributed by atoms with Gasteiger partial charge in [-0.3, -0.25) is 9.69 Å². The van der Waals surface area contributed by atoms with Crippen molar-refractivity contribution in [2.75, 3.05) is 4.90 Å². The molecule has 1 aliphatic rings. The minimum Gasteiger partial charge on any atom is -0.366 e. The Morgan fingerprint density at radius 3 is 2.60 bits per heavy atom. The highest BCUT2D eigenvalue weighted by molar-refractivity contribution is 6.11. The van der Waals surface area contributed by atoms with Gasteiger partial charge in [-0.2, -0.15) is 0 Å². The van der Waals surface area contributed by atoms with Crippen LogP contribution in [0.15, 0.2) is 48.5 Å². The van der Waals surface area contributed by atoms with Gasteiger partial charge in [0.2, 0.25) is 0 Å². The SMILES string of the molecule is CCC1(O)c2ccccc2C(=O)N1c1cccc(C)c1. The highest BCUT2D eigenvalue weighted by Crippen LogP contribution is 2.42. The number of anilines is 1. The molecule has 3 nitrogen and oxygen atoms in total. The first-order chi connectivity index (χ1) is 9.58. The molecule has 1 N–H and O–H groups in total. The minimum atomic E-state index is -1.26. The number of carbonyl (C=O) groups is 1. The summed E-state index contributed by atoms with van der Waals surface area (Å²) < 4.78 is 0. The van der Waals surface area contributed by atoms with Crippen LogP contribution in [0.25, 0.3) is 0 Å². The lowest BCUT2D eigenvalue weighted by Gasteiger charge is -2.33. The number of benzene rings is 2. The van der Waals surface area contributed by atoms with Crippen LogP contribution >= 0.6 is 0 Å². The molecule has 3 rings (SSSR count). The summed E-state index contributed by atoms with van der Waals surface area (Å²) in [6.07, 6.45) is 0.448. The Morgan fingerprint density at radius 1 is 1.15 bits per heavy atom. The van der Waals surface area contributed by atoms with Gasteiger partial charge in [0.05, 0.1) is 0 Å². The zero-order valence-electron chi connectivity index (χ0n) is 11.6. The van der Waals surface area contributed by atoms with Crippen LogP contribution in [0.2, 0.25) is 0 Å². The van der Waals surface area contributed by atoms with Crippen LogP contribution in [-0.2, 0) is 5.72 Å². The second-order valence-electron chi connectivity index (χ2n) is 5.20. The highest BCUT2D eigenvalue weighted by Gasteiger charge is 2.47. The van der Waals surface area contributed by atoms with Gasteiger partial charge >= 0.3 is 0 Å². The first-order valence-corrected chi connectivity index (χ1v) is 6.81. The van der Waals surface area contributed by atoms with Crippen molar-refractivity contribution in [3.8, 4) is 0 Å². The van der Waals surface area contributed by atoms with E-state index in [-0.39, 0.29) is 5.91 Å². The number of carbonyl (C=O) groups excluding carboxylic acids is 1. The molecule has 0 radical (unpaired) electrons. The maximum atomic E-state index is 12.6. The predicted octanol–water partition coefficient (Wildman–Crippen LogP) is 3.21. The van der Waals surface area contributed by atoms with E-state index in [0.717, 1.165) is 11.3 Å². The first kappa shape index (κ1) is 12.9. The molecular formula is C17H17NO2. The van der Waals surface area contributed by atoms with Crippen LogP contribution in [0.4, 0.5) is 5.69 Å². The number of rotatable bonds is 2. The van der Waals surface area contributed by atoms with Gasteiger partial charge in [0.15, 0.2) is 5.72 Å². The summed E-state index contributed by atoms with van der Waals surface area (Å²) in [6, 6.07) is 14.9. The van der Waals surface area contributed by atoms with Crippen molar-refractivity contribution in [3.05, 3.63) is 65.2 Å². The van der Waals surface area contributed by atoms with Gasteiger partial charge in [0.1, 0.15) is 0 Å². The van der Waals surface area contributed by atoms with Crippen LogP contribution in [0.1, 0.15) is 34.8 Å². The first-order valence-electron chi connectivity index (χ1n) is 6.81.